The average Bonchev–Trinajstić information content (AvgIpc) is 3.33. The molecule has 194 valence electrons. The molecule has 0 aliphatic heterocycles. The van der Waals surface area contributed by atoms with Crippen molar-refractivity contribution < 1.29 is 27.2 Å². The van der Waals surface area contributed by atoms with Gasteiger partial charge in [-0.25, -0.2) is 27.7 Å². The van der Waals surface area contributed by atoms with Crippen molar-refractivity contribution in [3.05, 3.63) is 75.4 Å². The molecule has 2 atom stereocenters. The van der Waals surface area contributed by atoms with Crippen LogP contribution in [-0.4, -0.2) is 36.8 Å². The number of carbonyl (C=O) groups is 1. The summed E-state index contributed by atoms with van der Waals surface area (Å²) in [7, 11) is 1.53. The quantitative estimate of drug-likeness (QED) is 0.416. The first-order valence-electron chi connectivity index (χ1n) is 11.6. The predicted octanol–water partition coefficient (Wildman–Crippen LogP) is 3.88. The third kappa shape index (κ3) is 4.58. The molecule has 5 rings (SSSR count). The first kappa shape index (κ1) is 24.6. The molecular formula is C25H24F3N5O4. The topological polar surface area (TPSA) is 104 Å². The molecule has 37 heavy (non-hydrogen) atoms. The second-order valence-corrected chi connectivity index (χ2v) is 10.0. The molecule has 3 aromatic heterocycles. The summed E-state index contributed by atoms with van der Waals surface area (Å²) in [5.41, 5.74) is 1.66. The van der Waals surface area contributed by atoms with Gasteiger partial charge in [-0.3, -0.25) is 9.09 Å². The van der Waals surface area contributed by atoms with E-state index < -0.39 is 46.9 Å². The van der Waals surface area contributed by atoms with Crippen LogP contribution in [0.5, 0.6) is 0 Å². The Kier molecular flexibility index (Phi) is 5.84. The number of halogens is 3. The number of hydrogen-bond acceptors (Lipinski definition) is 6. The van der Waals surface area contributed by atoms with E-state index in [-0.39, 0.29) is 18.4 Å². The van der Waals surface area contributed by atoms with Crippen LogP contribution in [0.3, 0.4) is 0 Å². The number of pyridine rings is 1. The van der Waals surface area contributed by atoms with Gasteiger partial charge in [0, 0.05) is 55.4 Å². The third-order valence-corrected chi connectivity index (χ3v) is 6.32. The molecule has 1 aliphatic rings. The molecule has 1 aliphatic carbocycles. The lowest BCUT2D eigenvalue weighted by atomic mass is 9.80. The van der Waals surface area contributed by atoms with Crippen LogP contribution in [0, 0.1) is 17.5 Å². The van der Waals surface area contributed by atoms with Crippen LogP contribution in [0.15, 0.2) is 39.8 Å². The molecule has 0 saturated heterocycles. The van der Waals surface area contributed by atoms with Gasteiger partial charge in [0.25, 0.3) is 0 Å². The molecule has 0 bridgehead atoms. The maximum atomic E-state index is 14.8. The highest BCUT2D eigenvalue weighted by molar-refractivity contribution is 5.69. The second-order valence-electron chi connectivity index (χ2n) is 10.0. The van der Waals surface area contributed by atoms with E-state index in [9.17, 15) is 22.8 Å². The van der Waals surface area contributed by atoms with Crippen LogP contribution in [0.4, 0.5) is 18.0 Å². The summed E-state index contributed by atoms with van der Waals surface area (Å²) in [6.45, 7) is 5.14. The van der Waals surface area contributed by atoms with Gasteiger partial charge >= 0.3 is 11.8 Å². The van der Waals surface area contributed by atoms with E-state index in [0.717, 1.165) is 11.8 Å². The number of carbonyl (C=O) groups excluding carboxylic acids is 1. The summed E-state index contributed by atoms with van der Waals surface area (Å²) >= 11 is 0. The van der Waals surface area contributed by atoms with E-state index >= 15 is 0 Å². The van der Waals surface area contributed by atoms with Crippen molar-refractivity contribution in [2.24, 2.45) is 7.05 Å². The van der Waals surface area contributed by atoms with Crippen molar-refractivity contribution in [3.63, 3.8) is 0 Å². The molecular weight excluding hydrogens is 491 g/mol. The summed E-state index contributed by atoms with van der Waals surface area (Å²) in [4.78, 5) is 29.0. The Labute approximate surface area is 208 Å². The Morgan fingerprint density at radius 3 is 2.54 bits per heavy atom. The Morgan fingerprint density at radius 1 is 1.14 bits per heavy atom. The summed E-state index contributed by atoms with van der Waals surface area (Å²) in [5.74, 6) is -4.42. The van der Waals surface area contributed by atoms with E-state index in [4.69, 9.17) is 9.26 Å². The molecule has 4 aromatic rings. The van der Waals surface area contributed by atoms with Crippen LogP contribution in [0.25, 0.3) is 17.0 Å². The first-order valence-corrected chi connectivity index (χ1v) is 11.6. The standard InChI is InChI=1S/C25H24F3N5O4/c1-25(2,3)36-23(34)30-18-11-20-19(9-14(18)13-8-16(27)17(28)10-15(13)26)29-21-7-12(5-6-33(20)21)22-31-37-24(35)32(22)4/h5-8,10,14,18H,9,11H2,1-4H3,(H,30,34). The molecule has 3 heterocycles. The fourth-order valence-corrected chi connectivity index (χ4v) is 4.66. The number of fused-ring (bicyclic) bond motifs is 3. The van der Waals surface area contributed by atoms with Gasteiger partial charge in [-0.2, -0.15) is 0 Å². The van der Waals surface area contributed by atoms with Gasteiger partial charge in [-0.05, 0) is 44.5 Å². The number of nitrogens with one attached hydrogen (secondary N) is 1. The van der Waals surface area contributed by atoms with E-state index in [0.29, 0.717) is 28.8 Å². The van der Waals surface area contributed by atoms with Crippen LogP contribution in [0.1, 0.15) is 43.6 Å². The zero-order chi connectivity index (χ0) is 26.6. The monoisotopic (exact) mass is 515 g/mol. The smallest absolute Gasteiger partial charge is 0.441 e. The molecule has 1 amide bonds. The highest BCUT2D eigenvalue weighted by Gasteiger charge is 2.36. The molecule has 0 saturated carbocycles. The number of imidazole rings is 1. The normalized spacial score (nSPS) is 17.6. The summed E-state index contributed by atoms with van der Waals surface area (Å²) in [5, 5.41) is 6.58. The van der Waals surface area contributed by atoms with Gasteiger partial charge < -0.3 is 14.5 Å². The largest absolute Gasteiger partial charge is 0.444 e. The summed E-state index contributed by atoms with van der Waals surface area (Å²) in [6.07, 6.45) is 1.41. The average molecular weight is 515 g/mol. The fraction of sp³-hybridized carbons (Fsp3) is 0.360. The molecule has 0 radical (unpaired) electrons. The Balaban J connectivity index is 1.57. The van der Waals surface area contributed by atoms with E-state index in [1.165, 1.54) is 11.6 Å². The third-order valence-electron chi connectivity index (χ3n) is 6.32. The lowest BCUT2D eigenvalue weighted by Crippen LogP contribution is -2.46. The van der Waals surface area contributed by atoms with Gasteiger partial charge in [0.2, 0.25) is 0 Å². The van der Waals surface area contributed by atoms with Gasteiger partial charge in [0.1, 0.15) is 17.1 Å². The summed E-state index contributed by atoms with van der Waals surface area (Å²) < 4.78 is 55.8. The highest BCUT2D eigenvalue weighted by atomic mass is 19.2. The molecule has 12 heteroatoms. The number of benzene rings is 1. The number of hydrogen-bond donors (Lipinski definition) is 1. The maximum absolute atomic E-state index is 14.8. The van der Waals surface area contributed by atoms with Gasteiger partial charge in [-0.1, -0.05) is 5.16 Å². The van der Waals surface area contributed by atoms with Crippen LogP contribution >= 0.6 is 0 Å². The summed E-state index contributed by atoms with van der Waals surface area (Å²) in [6, 6.07) is 4.09. The van der Waals surface area contributed by atoms with Gasteiger partial charge in [-0.15, -0.1) is 0 Å². The van der Waals surface area contributed by atoms with Crippen molar-refractivity contribution in [2.45, 2.75) is 51.2 Å². The number of rotatable bonds is 3. The molecule has 0 fully saturated rings. The van der Waals surface area contributed by atoms with E-state index in [1.54, 1.807) is 39.1 Å². The zero-order valence-electron chi connectivity index (χ0n) is 20.5. The lowest BCUT2D eigenvalue weighted by Gasteiger charge is -2.33. The predicted molar refractivity (Wildman–Crippen MR) is 126 cm³/mol. The molecule has 2 unspecified atom stereocenters. The lowest BCUT2D eigenvalue weighted by molar-refractivity contribution is 0.0493. The number of ether oxygens (including phenoxy) is 1. The van der Waals surface area contributed by atoms with Crippen molar-refractivity contribution >= 4 is 11.7 Å². The molecule has 0 spiro atoms. The highest BCUT2D eigenvalue weighted by Crippen LogP contribution is 2.36. The van der Waals surface area contributed by atoms with Gasteiger partial charge in [0.05, 0.1) is 5.69 Å². The number of alkyl carbamates (subject to hydrolysis) is 1. The van der Waals surface area contributed by atoms with Crippen molar-refractivity contribution in [2.75, 3.05) is 0 Å². The second kappa shape index (κ2) is 8.79. The maximum Gasteiger partial charge on any atom is 0.441 e. The van der Waals surface area contributed by atoms with Crippen molar-refractivity contribution in [3.8, 4) is 11.4 Å². The minimum atomic E-state index is -1.29. The molecule has 9 nitrogen and oxygen atoms in total. The van der Waals surface area contributed by atoms with Crippen LogP contribution < -0.4 is 11.1 Å². The Morgan fingerprint density at radius 2 is 1.86 bits per heavy atom. The fourth-order valence-electron chi connectivity index (χ4n) is 4.66. The molecule has 1 aromatic carbocycles. The number of amides is 1. The van der Waals surface area contributed by atoms with E-state index in [2.05, 4.69) is 15.5 Å². The first-order chi connectivity index (χ1) is 17.4. The van der Waals surface area contributed by atoms with E-state index in [1.807, 2.05) is 4.40 Å². The van der Waals surface area contributed by atoms with Crippen LogP contribution in [0.2, 0.25) is 0 Å². The SMILES string of the molecule is Cn1c(-c2ccn3c4c(nc3c2)CC(c2cc(F)c(F)cc2F)C(NC(=O)OC(C)(C)C)C4)noc1=O. The minimum absolute atomic E-state index is 0.0686. The minimum Gasteiger partial charge on any atom is -0.444 e. The van der Waals surface area contributed by atoms with Crippen LogP contribution in [-0.2, 0) is 24.6 Å². The Bertz CT molecular complexity index is 1580. The number of aromatic nitrogens is 4. The number of nitrogens with zero attached hydrogens (tertiary/aromatic N) is 4. The Hall–Kier alpha value is -4.09. The zero-order valence-corrected chi connectivity index (χ0v) is 20.5. The van der Waals surface area contributed by atoms with Crippen molar-refractivity contribution in [1.29, 1.82) is 0 Å². The van der Waals surface area contributed by atoms with Gasteiger partial charge in [0.15, 0.2) is 17.5 Å². The molecule has 1 N–H and O–H groups in total. The van der Waals surface area contributed by atoms with Crippen molar-refractivity contribution in [1.82, 2.24) is 24.4 Å².